The maximum atomic E-state index is 14.7. The van der Waals surface area contributed by atoms with Gasteiger partial charge in [0, 0.05) is 6.92 Å². The van der Waals surface area contributed by atoms with Crippen molar-refractivity contribution in [2.75, 3.05) is 11.9 Å². The number of fused-ring (bicyclic) bond motifs is 1. The van der Waals surface area contributed by atoms with Crippen LogP contribution in [0.5, 0.6) is 0 Å². The summed E-state index contributed by atoms with van der Waals surface area (Å²) in [5.41, 5.74) is -5.07. The van der Waals surface area contributed by atoms with Crippen molar-refractivity contribution in [1.29, 1.82) is 0 Å². The average Bonchev–Trinajstić information content (AvgIpc) is 3.93. The van der Waals surface area contributed by atoms with Gasteiger partial charge in [-0.2, -0.15) is 21.6 Å². The van der Waals surface area contributed by atoms with Crippen molar-refractivity contribution in [1.82, 2.24) is 19.5 Å². The molecule has 9 rings (SSSR count). The molecule has 0 aliphatic carbocycles. The third-order valence-corrected chi connectivity index (χ3v) is 12.6. The first-order chi connectivity index (χ1) is 32.4. The van der Waals surface area contributed by atoms with Gasteiger partial charge in [0.2, 0.25) is 5.91 Å². The molecule has 12 nitrogen and oxygen atoms in total. The number of halogens is 3. The third kappa shape index (κ3) is 8.61. The van der Waals surface area contributed by atoms with Gasteiger partial charge in [0.25, 0.3) is 0 Å². The van der Waals surface area contributed by atoms with Crippen LogP contribution in [0.4, 0.5) is 19.0 Å². The van der Waals surface area contributed by atoms with E-state index in [2.05, 4.69) is 20.3 Å². The Labute approximate surface area is 384 Å². The molecular formula is C51H42F3N5O7S. The van der Waals surface area contributed by atoms with E-state index in [0.29, 0.717) is 33.4 Å². The van der Waals surface area contributed by atoms with Gasteiger partial charge in [-0.1, -0.05) is 182 Å². The van der Waals surface area contributed by atoms with Crippen LogP contribution in [0.3, 0.4) is 0 Å². The molecule has 6 aromatic carbocycles. The lowest BCUT2D eigenvalue weighted by Crippen LogP contribution is -2.48. The molecule has 1 N–H and O–H groups in total. The predicted molar refractivity (Wildman–Crippen MR) is 243 cm³/mol. The topological polar surface area (TPSA) is 144 Å². The largest absolute Gasteiger partial charge is 0.523 e. The molecule has 3 heterocycles. The summed E-state index contributed by atoms with van der Waals surface area (Å²) in [6, 6.07) is 55.4. The molecule has 16 heteroatoms. The molecule has 2 aromatic heterocycles. The number of hydrogen-bond donors (Lipinski definition) is 1. The molecule has 1 aliphatic rings. The zero-order valence-electron chi connectivity index (χ0n) is 35.7. The zero-order valence-corrected chi connectivity index (χ0v) is 36.5. The molecule has 0 radical (unpaired) electrons. The molecule has 0 unspecified atom stereocenters. The summed E-state index contributed by atoms with van der Waals surface area (Å²) >= 11 is 0. The lowest BCUT2D eigenvalue weighted by Gasteiger charge is -2.41. The van der Waals surface area contributed by atoms with Gasteiger partial charge in [0.05, 0.1) is 12.9 Å². The predicted octanol–water partition coefficient (Wildman–Crippen LogP) is 9.30. The second kappa shape index (κ2) is 18.7. The molecule has 1 aliphatic heterocycles. The van der Waals surface area contributed by atoms with Crippen LogP contribution >= 0.6 is 0 Å². The Bertz CT molecular complexity index is 2850. The van der Waals surface area contributed by atoms with Crippen molar-refractivity contribution in [2.45, 2.75) is 48.2 Å². The highest BCUT2D eigenvalue weighted by molar-refractivity contribution is 7.87. The number of imidazole rings is 1. The highest BCUT2D eigenvalue weighted by Crippen LogP contribution is 2.48. The number of aromatic nitrogens is 4. The Hall–Kier alpha value is -7.08. The summed E-state index contributed by atoms with van der Waals surface area (Å²) in [7, 11) is -6.38. The monoisotopic (exact) mass is 925 g/mol. The van der Waals surface area contributed by atoms with Gasteiger partial charge in [-0.15, -0.1) is 0 Å². The number of carbonyl (C=O) groups is 1. The summed E-state index contributed by atoms with van der Waals surface area (Å²) < 4.78 is 99.3. The van der Waals surface area contributed by atoms with Gasteiger partial charge in [-0.25, -0.2) is 15.0 Å². The molecule has 1 saturated heterocycles. The summed E-state index contributed by atoms with van der Waals surface area (Å²) in [6.45, 7) is 0.848. The van der Waals surface area contributed by atoms with Gasteiger partial charge in [-0.3, -0.25) is 13.5 Å². The van der Waals surface area contributed by atoms with Crippen LogP contribution in [0.2, 0.25) is 0 Å². The normalized spacial score (nSPS) is 17.9. The summed E-state index contributed by atoms with van der Waals surface area (Å²) in [5, 5.41) is 2.58. The van der Waals surface area contributed by atoms with Crippen LogP contribution in [0.1, 0.15) is 46.5 Å². The number of alkyl halides is 3. The summed E-state index contributed by atoms with van der Waals surface area (Å²) in [5.74, 6) is -0.482. The lowest BCUT2D eigenvalue weighted by atomic mass is 9.79. The minimum absolute atomic E-state index is 0.00284. The fourth-order valence-corrected chi connectivity index (χ4v) is 9.32. The zero-order chi connectivity index (χ0) is 46.7. The van der Waals surface area contributed by atoms with E-state index < -0.39 is 63.9 Å². The minimum Gasteiger partial charge on any atom is -0.358 e. The lowest BCUT2D eigenvalue weighted by molar-refractivity contribution is -0.131. The smallest absolute Gasteiger partial charge is 0.358 e. The Morgan fingerprint density at radius 1 is 0.627 bits per heavy atom. The number of amides is 1. The second-order valence-electron chi connectivity index (χ2n) is 15.7. The van der Waals surface area contributed by atoms with Crippen LogP contribution < -0.4 is 5.32 Å². The molecule has 0 saturated carbocycles. The first kappa shape index (κ1) is 45.1. The number of anilines is 1. The van der Waals surface area contributed by atoms with E-state index in [1.807, 2.05) is 146 Å². The molecule has 340 valence electrons. The van der Waals surface area contributed by atoms with Gasteiger partial charge >= 0.3 is 15.6 Å². The number of benzene rings is 6. The van der Waals surface area contributed by atoms with Gasteiger partial charge < -0.3 is 19.5 Å². The Morgan fingerprint density at radius 2 is 1.04 bits per heavy atom. The molecule has 0 bridgehead atoms. The third-order valence-electron chi connectivity index (χ3n) is 11.6. The Morgan fingerprint density at radius 3 is 1.45 bits per heavy atom. The van der Waals surface area contributed by atoms with E-state index in [1.54, 1.807) is 36.4 Å². The molecule has 67 heavy (non-hydrogen) atoms. The van der Waals surface area contributed by atoms with Crippen LogP contribution in [0.15, 0.2) is 195 Å². The molecule has 1 fully saturated rings. The van der Waals surface area contributed by atoms with Crippen LogP contribution in [-0.2, 0) is 44.5 Å². The van der Waals surface area contributed by atoms with Crippen LogP contribution in [0, 0.1) is 0 Å². The number of nitrogens with one attached hydrogen (secondary N) is 1. The van der Waals surface area contributed by atoms with Gasteiger partial charge in [0.1, 0.15) is 29.7 Å². The number of rotatable bonds is 15. The minimum atomic E-state index is -6.38. The number of carbonyl (C=O) groups excluding carboxylic acids is 1. The van der Waals surface area contributed by atoms with Crippen molar-refractivity contribution < 1.29 is 44.8 Å². The number of hydrogen-bond acceptors (Lipinski definition) is 10. The van der Waals surface area contributed by atoms with Gasteiger partial charge in [0.15, 0.2) is 29.3 Å². The highest BCUT2D eigenvalue weighted by atomic mass is 32.2. The molecule has 4 atom stereocenters. The Balaban J connectivity index is 1.29. The second-order valence-corrected chi connectivity index (χ2v) is 17.3. The van der Waals surface area contributed by atoms with Crippen molar-refractivity contribution >= 4 is 33.0 Å². The molecule has 8 aromatic rings. The maximum absolute atomic E-state index is 14.7. The van der Waals surface area contributed by atoms with E-state index in [-0.39, 0.29) is 17.0 Å². The SMILES string of the molecule is CC(=O)Nc1ncnc2c1ncn2[C@@H]1O[C@H](COC(c2ccccc2)(c2ccccc2)c2ccccc2)[C@@H](OC(c2ccccc2)(c2ccccc2)c2ccccc2)[C@H]1OS(=O)(=O)C(F)(F)F. The highest BCUT2D eigenvalue weighted by Gasteiger charge is 2.58. The molecular weight excluding hydrogens is 884 g/mol. The quantitative estimate of drug-likeness (QED) is 0.0600. The van der Waals surface area contributed by atoms with E-state index in [0.717, 1.165) is 6.33 Å². The first-order valence-electron chi connectivity index (χ1n) is 21.2. The van der Waals surface area contributed by atoms with E-state index in [4.69, 9.17) is 18.4 Å². The van der Waals surface area contributed by atoms with E-state index >= 15 is 0 Å². The van der Waals surface area contributed by atoms with E-state index in [1.165, 1.54) is 17.8 Å². The number of nitrogens with zero attached hydrogens (tertiary/aromatic N) is 4. The van der Waals surface area contributed by atoms with Gasteiger partial charge in [-0.05, 0) is 33.4 Å². The van der Waals surface area contributed by atoms with Crippen molar-refractivity contribution in [3.8, 4) is 0 Å². The first-order valence-corrected chi connectivity index (χ1v) is 22.6. The van der Waals surface area contributed by atoms with Crippen molar-refractivity contribution in [3.63, 3.8) is 0 Å². The molecule has 1 amide bonds. The van der Waals surface area contributed by atoms with Crippen LogP contribution in [-0.4, -0.2) is 64.3 Å². The van der Waals surface area contributed by atoms with Crippen molar-refractivity contribution in [2.24, 2.45) is 0 Å². The average molecular weight is 926 g/mol. The summed E-state index contributed by atoms with van der Waals surface area (Å²) in [4.78, 5) is 25.1. The standard InChI is InChI=1S/C51H42F3N5O7S/c1-35(60)58-46-43-47(56-33-55-46)59(34-57-43)48-45(66-67(61,62)51(52,53)54)44(65-50(39-26-14-5-15-27-39,40-28-16-6-17-29-40)41-30-18-7-19-31-41)42(64-48)32-63-49(36-20-8-2-9-21-36,37-22-10-3-11-23-37)38-24-12-4-13-25-38/h2-31,33-34,42,44-45,48H,32H2,1H3,(H,55,56,58,60)/t42-,44-,45-,48-/m1/s1. The van der Waals surface area contributed by atoms with Crippen molar-refractivity contribution in [3.05, 3.63) is 228 Å². The summed E-state index contributed by atoms with van der Waals surface area (Å²) in [6.07, 6.45) is -4.62. The fraction of sp³-hybridized carbons (Fsp3) is 0.176. The Kier molecular flexibility index (Phi) is 12.6. The fourth-order valence-electron chi connectivity index (χ4n) is 8.71. The van der Waals surface area contributed by atoms with Crippen LogP contribution in [0.25, 0.3) is 11.2 Å². The number of ether oxygens (including phenoxy) is 3. The molecule has 0 spiro atoms. The maximum Gasteiger partial charge on any atom is 0.523 e. The van der Waals surface area contributed by atoms with E-state index in [9.17, 15) is 26.4 Å².